The molecule has 4 N–H and O–H groups in total. The number of nitro groups is 2. The van der Waals surface area contributed by atoms with Crippen LogP contribution in [0.4, 0.5) is 0 Å². The lowest BCUT2D eigenvalue weighted by Crippen LogP contribution is -2.47. The van der Waals surface area contributed by atoms with Crippen LogP contribution in [-0.2, 0) is 0 Å². The predicted molar refractivity (Wildman–Crippen MR) is 66.3 cm³/mol. The van der Waals surface area contributed by atoms with Gasteiger partial charge in [0.2, 0.25) is 0 Å². The van der Waals surface area contributed by atoms with Gasteiger partial charge in [0, 0.05) is 22.7 Å². The summed E-state index contributed by atoms with van der Waals surface area (Å²) in [5.41, 5.74) is -3.73. The van der Waals surface area contributed by atoms with Crippen LogP contribution in [0.25, 0.3) is 0 Å². The standard InChI is InChI=1S/C10H20N2O8/c13-5-9(6-14,11(17)18)3-1-2-4-10(7-15,8-16)12(19)20/h13-16H,1-8H2. The van der Waals surface area contributed by atoms with Crippen molar-refractivity contribution in [3.8, 4) is 0 Å². The number of hydrogen-bond donors (Lipinski definition) is 4. The molecule has 0 aromatic heterocycles. The number of unbranched alkanes of at least 4 members (excludes halogenated alkanes) is 1. The summed E-state index contributed by atoms with van der Waals surface area (Å²) in [5, 5.41) is 57.6. The van der Waals surface area contributed by atoms with Crippen LogP contribution in [0.1, 0.15) is 25.7 Å². The summed E-state index contributed by atoms with van der Waals surface area (Å²) in [7, 11) is 0. The number of hydrogen-bond acceptors (Lipinski definition) is 8. The number of aliphatic hydroxyl groups excluding tert-OH is 4. The molecule has 0 spiro atoms. The van der Waals surface area contributed by atoms with Crippen LogP contribution < -0.4 is 0 Å². The second kappa shape index (κ2) is 8.04. The summed E-state index contributed by atoms with van der Waals surface area (Å²) >= 11 is 0. The Hall–Kier alpha value is -1.36. The molecule has 0 radical (unpaired) electrons. The molecule has 0 atom stereocenters. The van der Waals surface area contributed by atoms with Crippen molar-refractivity contribution in [2.24, 2.45) is 0 Å². The fourth-order valence-corrected chi connectivity index (χ4v) is 1.74. The van der Waals surface area contributed by atoms with Crippen molar-refractivity contribution < 1.29 is 30.3 Å². The third-order valence-corrected chi connectivity index (χ3v) is 3.49. The van der Waals surface area contributed by atoms with E-state index in [1.807, 2.05) is 0 Å². The highest BCUT2D eigenvalue weighted by Gasteiger charge is 2.43. The van der Waals surface area contributed by atoms with Gasteiger partial charge in [0.1, 0.15) is 26.4 Å². The minimum Gasteiger partial charge on any atom is -0.389 e. The predicted octanol–water partition coefficient (Wildman–Crippen LogP) is -1.45. The number of rotatable bonds is 11. The summed E-state index contributed by atoms with van der Waals surface area (Å²) in [6.45, 7) is -3.35. The molecule has 0 aliphatic rings. The summed E-state index contributed by atoms with van der Waals surface area (Å²) < 4.78 is 0. The topological polar surface area (TPSA) is 167 Å². The van der Waals surface area contributed by atoms with Crippen molar-refractivity contribution in [3.63, 3.8) is 0 Å². The van der Waals surface area contributed by atoms with E-state index in [4.69, 9.17) is 20.4 Å². The Morgan fingerprint density at radius 1 is 0.700 bits per heavy atom. The minimum absolute atomic E-state index is 0.137. The monoisotopic (exact) mass is 296 g/mol. The van der Waals surface area contributed by atoms with E-state index < -0.39 is 47.4 Å². The summed E-state index contributed by atoms with van der Waals surface area (Å²) in [4.78, 5) is 20.0. The molecule has 0 bridgehead atoms. The molecule has 0 amide bonds. The van der Waals surface area contributed by atoms with Gasteiger partial charge >= 0.3 is 0 Å². The molecule has 0 saturated heterocycles. The zero-order chi connectivity index (χ0) is 15.8. The molecule has 0 heterocycles. The fourth-order valence-electron chi connectivity index (χ4n) is 1.74. The molecule has 10 nitrogen and oxygen atoms in total. The van der Waals surface area contributed by atoms with Crippen molar-refractivity contribution in [2.45, 2.75) is 36.8 Å². The van der Waals surface area contributed by atoms with Crippen molar-refractivity contribution >= 4 is 0 Å². The molecule has 0 aromatic rings. The van der Waals surface area contributed by atoms with Crippen molar-refractivity contribution in [1.29, 1.82) is 0 Å². The lowest BCUT2D eigenvalue weighted by atomic mass is 9.90. The van der Waals surface area contributed by atoms with Gasteiger partial charge in [0.05, 0.1) is 0 Å². The molecule has 0 aromatic carbocycles. The Labute approximate surface area is 115 Å². The molecule has 0 saturated carbocycles. The van der Waals surface area contributed by atoms with E-state index in [0.29, 0.717) is 0 Å². The van der Waals surface area contributed by atoms with Crippen molar-refractivity contribution in [3.05, 3.63) is 20.2 Å². The smallest absolute Gasteiger partial charge is 0.267 e. The highest BCUT2D eigenvalue weighted by Crippen LogP contribution is 2.22. The van der Waals surface area contributed by atoms with E-state index in [-0.39, 0.29) is 25.7 Å². The van der Waals surface area contributed by atoms with Crippen molar-refractivity contribution in [1.82, 2.24) is 0 Å². The van der Waals surface area contributed by atoms with Crippen LogP contribution in [-0.4, -0.2) is 67.8 Å². The molecule has 0 rings (SSSR count). The van der Waals surface area contributed by atoms with E-state index in [0.717, 1.165) is 0 Å². The van der Waals surface area contributed by atoms with E-state index in [1.54, 1.807) is 0 Å². The number of nitrogens with zero attached hydrogens (tertiary/aromatic N) is 2. The van der Waals surface area contributed by atoms with Crippen molar-refractivity contribution in [2.75, 3.05) is 26.4 Å². The van der Waals surface area contributed by atoms with E-state index in [9.17, 15) is 20.2 Å². The Morgan fingerprint density at radius 2 is 0.950 bits per heavy atom. The second-order valence-corrected chi connectivity index (χ2v) is 4.80. The third kappa shape index (κ3) is 4.07. The zero-order valence-corrected chi connectivity index (χ0v) is 11.0. The Bertz CT molecular complexity index is 295. The lowest BCUT2D eigenvalue weighted by molar-refractivity contribution is -0.581. The van der Waals surface area contributed by atoms with Crippen LogP contribution >= 0.6 is 0 Å². The molecule has 0 fully saturated rings. The fraction of sp³-hybridized carbons (Fsp3) is 1.00. The van der Waals surface area contributed by atoms with Gasteiger partial charge in [-0.3, -0.25) is 20.2 Å². The average molecular weight is 296 g/mol. The largest absolute Gasteiger partial charge is 0.389 e. The summed E-state index contributed by atoms with van der Waals surface area (Å²) in [5.74, 6) is 0. The SMILES string of the molecule is O=[N+]([O-])C(CO)(CO)CCCCC(CO)(CO)[N+](=O)[O-]. The Morgan fingerprint density at radius 3 is 1.10 bits per heavy atom. The first-order valence-corrected chi connectivity index (χ1v) is 6.06. The van der Waals surface area contributed by atoms with Crippen LogP contribution in [0.5, 0.6) is 0 Å². The van der Waals surface area contributed by atoms with Gasteiger partial charge in [-0.25, -0.2) is 0 Å². The maximum absolute atomic E-state index is 10.8. The average Bonchev–Trinajstić information content (AvgIpc) is 2.43. The maximum atomic E-state index is 10.8. The first kappa shape index (κ1) is 18.6. The third-order valence-electron chi connectivity index (χ3n) is 3.49. The lowest BCUT2D eigenvalue weighted by Gasteiger charge is -2.23. The molecule has 118 valence electrons. The van der Waals surface area contributed by atoms with Gasteiger partial charge in [0.15, 0.2) is 0 Å². The Kier molecular flexibility index (Phi) is 7.50. The first-order chi connectivity index (χ1) is 9.34. The van der Waals surface area contributed by atoms with Gasteiger partial charge in [-0.1, -0.05) is 0 Å². The van der Waals surface area contributed by atoms with Gasteiger partial charge in [-0.05, 0) is 12.8 Å². The van der Waals surface area contributed by atoms with Gasteiger partial charge < -0.3 is 20.4 Å². The normalized spacial score (nSPS) is 12.4. The van der Waals surface area contributed by atoms with Gasteiger partial charge in [0.25, 0.3) is 11.1 Å². The minimum atomic E-state index is -1.87. The molecule has 10 heteroatoms. The molecular weight excluding hydrogens is 276 g/mol. The molecule has 0 aliphatic heterocycles. The van der Waals surface area contributed by atoms with Crippen LogP contribution in [0.3, 0.4) is 0 Å². The van der Waals surface area contributed by atoms with Crippen LogP contribution in [0.2, 0.25) is 0 Å². The molecular formula is C10H20N2O8. The Balaban J connectivity index is 4.50. The van der Waals surface area contributed by atoms with Crippen LogP contribution in [0, 0.1) is 20.2 Å². The van der Waals surface area contributed by atoms with E-state index >= 15 is 0 Å². The maximum Gasteiger partial charge on any atom is 0.267 e. The van der Waals surface area contributed by atoms with Gasteiger partial charge in [-0.2, -0.15) is 0 Å². The zero-order valence-electron chi connectivity index (χ0n) is 11.0. The summed E-state index contributed by atoms with van der Waals surface area (Å²) in [6, 6.07) is 0. The molecule has 0 aliphatic carbocycles. The molecule has 20 heavy (non-hydrogen) atoms. The highest BCUT2D eigenvalue weighted by molar-refractivity contribution is 4.81. The van der Waals surface area contributed by atoms with Gasteiger partial charge in [-0.15, -0.1) is 0 Å². The first-order valence-electron chi connectivity index (χ1n) is 6.06. The van der Waals surface area contributed by atoms with Crippen LogP contribution in [0.15, 0.2) is 0 Å². The highest BCUT2D eigenvalue weighted by atomic mass is 16.6. The van der Waals surface area contributed by atoms with E-state index in [1.165, 1.54) is 0 Å². The number of aliphatic hydroxyl groups is 4. The molecule has 0 unspecified atom stereocenters. The quantitative estimate of drug-likeness (QED) is 0.204. The summed E-state index contributed by atoms with van der Waals surface area (Å²) in [6.07, 6.45) is -0.0370. The second-order valence-electron chi connectivity index (χ2n) is 4.80. The van der Waals surface area contributed by atoms with E-state index in [2.05, 4.69) is 0 Å².